The normalized spacial score (nSPS) is 14.4. The van der Waals surface area contributed by atoms with Crippen LogP contribution < -0.4 is 0 Å². The van der Waals surface area contributed by atoms with Gasteiger partial charge in [-0.3, -0.25) is 9.69 Å². The Morgan fingerprint density at radius 1 is 1.00 bits per heavy atom. The molecule has 0 aliphatic carbocycles. The van der Waals surface area contributed by atoms with E-state index in [0.29, 0.717) is 18.7 Å². The number of hydrogen-bond donors (Lipinski definition) is 1. The highest BCUT2D eigenvalue weighted by Crippen LogP contribution is 2.29. The largest absolute Gasteiger partial charge is 0.347 e. The number of H-pyrrole nitrogens is 1. The summed E-state index contributed by atoms with van der Waals surface area (Å²) in [5, 5.41) is 11.1. The number of halogens is 3. The van der Waals surface area contributed by atoms with E-state index in [1.807, 2.05) is 71.8 Å². The van der Waals surface area contributed by atoms with Crippen LogP contribution in [0.2, 0.25) is 0 Å². The SMILES string of the molecule is Cl.Cl.N#Cc1ccc(CC(c2cnc[nH]2)N2CCN(C(=O)c3cccc4c(Br)cccc34)CC2)cc1. The van der Waals surface area contributed by atoms with Gasteiger partial charge in [-0.2, -0.15) is 5.26 Å². The number of carbonyl (C=O) groups excluding carboxylic acids is 1. The molecule has 2 heterocycles. The zero-order valence-electron chi connectivity index (χ0n) is 19.4. The molecule has 1 aliphatic heterocycles. The van der Waals surface area contributed by atoms with Crippen molar-refractivity contribution in [3.8, 4) is 6.07 Å². The van der Waals surface area contributed by atoms with E-state index in [1.165, 1.54) is 5.56 Å². The van der Waals surface area contributed by atoms with Crippen LogP contribution >= 0.6 is 40.7 Å². The number of benzene rings is 3. The summed E-state index contributed by atoms with van der Waals surface area (Å²) < 4.78 is 0.995. The van der Waals surface area contributed by atoms with Gasteiger partial charge in [0.1, 0.15) is 0 Å². The Bertz CT molecular complexity index is 1350. The first-order valence-electron chi connectivity index (χ1n) is 11.3. The molecule has 1 aromatic heterocycles. The number of amides is 1. The lowest BCUT2D eigenvalue weighted by Crippen LogP contribution is -2.50. The molecule has 1 aliphatic rings. The number of nitriles is 1. The van der Waals surface area contributed by atoms with Crippen molar-refractivity contribution in [1.29, 1.82) is 5.26 Å². The zero-order chi connectivity index (χ0) is 23.5. The highest BCUT2D eigenvalue weighted by Gasteiger charge is 2.29. The fraction of sp³-hybridized carbons (Fsp3) is 0.222. The fourth-order valence-electron chi connectivity index (χ4n) is 4.69. The van der Waals surface area contributed by atoms with Crippen LogP contribution in [0.5, 0.6) is 0 Å². The smallest absolute Gasteiger partial charge is 0.254 e. The molecule has 0 saturated carbocycles. The fourth-order valence-corrected chi connectivity index (χ4v) is 5.19. The number of nitrogens with one attached hydrogen (secondary N) is 1. The lowest BCUT2D eigenvalue weighted by atomic mass is 10.00. The van der Waals surface area contributed by atoms with Crippen LogP contribution in [0.1, 0.15) is 33.2 Å². The molecule has 186 valence electrons. The van der Waals surface area contributed by atoms with Gasteiger partial charge in [0.05, 0.1) is 29.7 Å². The minimum atomic E-state index is 0. The van der Waals surface area contributed by atoms with Gasteiger partial charge in [0.2, 0.25) is 0 Å². The number of hydrogen-bond acceptors (Lipinski definition) is 4. The highest BCUT2D eigenvalue weighted by atomic mass is 79.9. The summed E-state index contributed by atoms with van der Waals surface area (Å²) in [5.41, 5.74) is 3.63. The second-order valence-corrected chi connectivity index (χ2v) is 9.36. The first kappa shape index (κ1) is 27.7. The van der Waals surface area contributed by atoms with Gasteiger partial charge in [-0.25, -0.2) is 4.98 Å². The first-order valence-corrected chi connectivity index (χ1v) is 12.1. The van der Waals surface area contributed by atoms with Gasteiger partial charge in [0, 0.05) is 42.4 Å². The maximum Gasteiger partial charge on any atom is 0.254 e. The van der Waals surface area contributed by atoms with Gasteiger partial charge in [0.15, 0.2) is 0 Å². The van der Waals surface area contributed by atoms with Gasteiger partial charge >= 0.3 is 0 Å². The van der Waals surface area contributed by atoms with E-state index in [1.54, 1.807) is 6.33 Å². The van der Waals surface area contributed by atoms with Crippen LogP contribution in [-0.4, -0.2) is 51.9 Å². The Kier molecular flexibility index (Phi) is 9.52. The molecule has 1 N–H and O–H groups in total. The number of fused-ring (bicyclic) bond motifs is 1. The highest BCUT2D eigenvalue weighted by molar-refractivity contribution is 9.10. The number of carbonyl (C=O) groups is 1. The topological polar surface area (TPSA) is 76.0 Å². The van der Waals surface area contributed by atoms with E-state index in [0.717, 1.165) is 46.0 Å². The summed E-state index contributed by atoms with van der Waals surface area (Å²) in [4.78, 5) is 25.3. The summed E-state index contributed by atoms with van der Waals surface area (Å²) in [6.07, 6.45) is 4.39. The quantitative estimate of drug-likeness (QED) is 0.321. The van der Waals surface area contributed by atoms with Crippen molar-refractivity contribution >= 4 is 57.4 Å². The Labute approximate surface area is 231 Å². The third kappa shape index (κ3) is 5.74. The maximum absolute atomic E-state index is 13.4. The van der Waals surface area contributed by atoms with Crippen molar-refractivity contribution in [3.63, 3.8) is 0 Å². The Morgan fingerprint density at radius 2 is 1.69 bits per heavy atom. The van der Waals surface area contributed by atoms with Crippen molar-refractivity contribution in [2.24, 2.45) is 0 Å². The van der Waals surface area contributed by atoms with Crippen molar-refractivity contribution < 1.29 is 4.79 Å². The van der Waals surface area contributed by atoms with Crippen molar-refractivity contribution in [2.45, 2.75) is 12.5 Å². The van der Waals surface area contributed by atoms with Gasteiger partial charge in [-0.15, -0.1) is 24.8 Å². The van der Waals surface area contributed by atoms with Gasteiger partial charge in [0.25, 0.3) is 5.91 Å². The molecule has 1 fully saturated rings. The average Bonchev–Trinajstić information content (AvgIpc) is 3.42. The second kappa shape index (κ2) is 12.4. The zero-order valence-corrected chi connectivity index (χ0v) is 22.7. The van der Waals surface area contributed by atoms with E-state index in [9.17, 15) is 4.79 Å². The number of aromatic nitrogens is 2. The van der Waals surface area contributed by atoms with E-state index >= 15 is 0 Å². The summed E-state index contributed by atoms with van der Waals surface area (Å²) in [6, 6.07) is 21.9. The van der Waals surface area contributed by atoms with Crippen LogP contribution in [-0.2, 0) is 6.42 Å². The third-order valence-corrected chi connectivity index (χ3v) is 7.22. The van der Waals surface area contributed by atoms with E-state index in [2.05, 4.69) is 36.9 Å². The van der Waals surface area contributed by atoms with Crippen LogP contribution in [0.15, 0.2) is 77.7 Å². The van der Waals surface area contributed by atoms with Crippen molar-refractivity contribution in [3.05, 3.63) is 100 Å². The van der Waals surface area contributed by atoms with Crippen LogP contribution in [0.4, 0.5) is 0 Å². The van der Waals surface area contributed by atoms with Crippen molar-refractivity contribution in [2.75, 3.05) is 26.2 Å². The number of imidazole rings is 1. The van der Waals surface area contributed by atoms with Gasteiger partial charge in [-0.05, 0) is 47.0 Å². The van der Waals surface area contributed by atoms with E-state index in [-0.39, 0.29) is 36.8 Å². The van der Waals surface area contributed by atoms with Gasteiger partial charge in [-0.1, -0.05) is 52.3 Å². The lowest BCUT2D eigenvalue weighted by Gasteiger charge is -2.39. The number of nitrogens with zero attached hydrogens (tertiary/aromatic N) is 4. The minimum absolute atomic E-state index is 0. The molecule has 1 unspecified atom stereocenters. The average molecular weight is 587 g/mol. The molecule has 1 atom stereocenters. The molecule has 4 aromatic rings. The maximum atomic E-state index is 13.4. The molecule has 36 heavy (non-hydrogen) atoms. The van der Waals surface area contributed by atoms with Crippen LogP contribution in [0, 0.1) is 11.3 Å². The van der Waals surface area contributed by atoms with Gasteiger partial charge < -0.3 is 9.88 Å². The third-order valence-electron chi connectivity index (χ3n) is 6.53. The molecule has 1 saturated heterocycles. The van der Waals surface area contributed by atoms with Crippen LogP contribution in [0.25, 0.3) is 10.8 Å². The summed E-state index contributed by atoms with van der Waals surface area (Å²) in [6.45, 7) is 2.89. The monoisotopic (exact) mass is 585 g/mol. The van der Waals surface area contributed by atoms with Crippen molar-refractivity contribution in [1.82, 2.24) is 19.8 Å². The first-order chi connectivity index (χ1) is 16.6. The molecule has 5 rings (SSSR count). The minimum Gasteiger partial charge on any atom is -0.347 e. The second-order valence-electron chi connectivity index (χ2n) is 8.50. The molecule has 0 bridgehead atoms. The molecule has 6 nitrogen and oxygen atoms in total. The Balaban J connectivity index is 0.00000180. The molecule has 0 radical (unpaired) electrons. The summed E-state index contributed by atoms with van der Waals surface area (Å²) >= 11 is 3.60. The Hall–Kier alpha value is -2.89. The Morgan fingerprint density at radius 3 is 2.36 bits per heavy atom. The molecule has 3 aromatic carbocycles. The number of piperazine rings is 1. The standard InChI is InChI=1S/C27H24BrN5O.2ClH/c28-24-6-2-3-21-22(24)4-1-5-23(21)27(34)33-13-11-32(12-14-33)26(25-17-30-18-31-25)15-19-7-9-20(16-29)10-8-19;;/h1-10,17-18,26H,11-15H2,(H,30,31);2*1H. The molecule has 1 amide bonds. The summed E-state index contributed by atoms with van der Waals surface area (Å²) in [5.74, 6) is 0.0773. The number of aromatic amines is 1. The lowest BCUT2D eigenvalue weighted by molar-refractivity contribution is 0.0564. The number of rotatable bonds is 5. The van der Waals surface area contributed by atoms with Crippen LogP contribution in [0.3, 0.4) is 0 Å². The van der Waals surface area contributed by atoms with E-state index < -0.39 is 0 Å². The van der Waals surface area contributed by atoms with E-state index in [4.69, 9.17) is 5.26 Å². The molecule has 9 heteroatoms. The molecular formula is C27H26BrCl2N5O. The summed E-state index contributed by atoms with van der Waals surface area (Å²) in [7, 11) is 0. The molecular weight excluding hydrogens is 561 g/mol. The predicted molar refractivity (Wildman–Crippen MR) is 150 cm³/mol. The predicted octanol–water partition coefficient (Wildman–Crippen LogP) is 5.78. The molecule has 0 spiro atoms.